The van der Waals surface area contributed by atoms with Gasteiger partial charge in [0.25, 0.3) is 0 Å². The molecule has 1 fully saturated rings. The summed E-state index contributed by atoms with van der Waals surface area (Å²) >= 11 is 1.79. The topological polar surface area (TPSA) is 53.3 Å². The maximum absolute atomic E-state index is 12.0. The first-order chi connectivity index (χ1) is 9.74. The van der Waals surface area contributed by atoms with Gasteiger partial charge >= 0.3 is 5.97 Å². The second-order valence-corrected chi connectivity index (χ2v) is 5.77. The molecule has 0 aromatic heterocycles. The minimum Gasteiger partial charge on any atom is -0.465 e. The van der Waals surface area contributed by atoms with Crippen molar-refractivity contribution in [3.63, 3.8) is 0 Å². The van der Waals surface area contributed by atoms with E-state index >= 15 is 0 Å². The molecule has 5 heteroatoms. The fourth-order valence-corrected chi connectivity index (χ4v) is 3.30. The molecule has 1 heterocycles. The molecule has 1 aliphatic rings. The first-order valence-electron chi connectivity index (χ1n) is 6.72. The van der Waals surface area contributed by atoms with Gasteiger partial charge in [-0.3, -0.25) is 9.69 Å². The zero-order valence-corrected chi connectivity index (χ0v) is 12.4. The van der Waals surface area contributed by atoms with E-state index in [1.807, 2.05) is 31.2 Å². The molecule has 0 unspecified atom stereocenters. The first-order valence-corrected chi connectivity index (χ1v) is 7.87. The molecule has 0 aliphatic carbocycles. The third kappa shape index (κ3) is 3.75. The van der Waals surface area contributed by atoms with Crippen molar-refractivity contribution in [1.29, 1.82) is 5.26 Å². The minimum atomic E-state index is -0.163. The number of nitriles is 1. The van der Waals surface area contributed by atoms with Gasteiger partial charge in [0.15, 0.2) is 0 Å². The SMILES string of the molecule is CCOC(=O)[C@@H]1CSCCN1Cc1ccc(C#N)cc1. The van der Waals surface area contributed by atoms with Crippen molar-refractivity contribution in [2.75, 3.05) is 24.7 Å². The number of ether oxygens (including phenoxy) is 1. The normalized spacial score (nSPS) is 19.3. The fourth-order valence-electron chi connectivity index (χ4n) is 2.20. The zero-order valence-electron chi connectivity index (χ0n) is 11.5. The highest BCUT2D eigenvalue weighted by molar-refractivity contribution is 7.99. The lowest BCUT2D eigenvalue weighted by atomic mass is 10.1. The van der Waals surface area contributed by atoms with Crippen LogP contribution in [-0.4, -0.2) is 41.6 Å². The first kappa shape index (κ1) is 14.9. The minimum absolute atomic E-state index is 0.131. The highest BCUT2D eigenvalue weighted by atomic mass is 32.2. The molecule has 0 saturated carbocycles. The Kier molecular flexibility index (Phi) is 5.45. The molecule has 4 nitrogen and oxygen atoms in total. The summed E-state index contributed by atoms with van der Waals surface area (Å²) in [6.07, 6.45) is 0. The molecule has 106 valence electrons. The van der Waals surface area contributed by atoms with E-state index in [1.165, 1.54) is 0 Å². The van der Waals surface area contributed by atoms with Gasteiger partial charge in [0.05, 0.1) is 18.2 Å². The van der Waals surface area contributed by atoms with Crippen molar-refractivity contribution in [2.45, 2.75) is 19.5 Å². The number of hydrogen-bond acceptors (Lipinski definition) is 5. The fraction of sp³-hybridized carbons (Fsp3) is 0.467. The number of carbonyl (C=O) groups excluding carboxylic acids is 1. The lowest BCUT2D eigenvalue weighted by molar-refractivity contribution is -0.148. The predicted octanol–water partition coefficient (Wildman–Crippen LogP) is 2.04. The van der Waals surface area contributed by atoms with Crippen molar-refractivity contribution >= 4 is 17.7 Å². The van der Waals surface area contributed by atoms with Crippen LogP contribution < -0.4 is 0 Å². The second-order valence-electron chi connectivity index (χ2n) is 4.62. The van der Waals surface area contributed by atoms with Crippen LogP contribution in [0.4, 0.5) is 0 Å². The molecule has 1 atom stereocenters. The van der Waals surface area contributed by atoms with Gasteiger partial charge in [0, 0.05) is 24.6 Å². The van der Waals surface area contributed by atoms with Crippen molar-refractivity contribution in [3.8, 4) is 6.07 Å². The van der Waals surface area contributed by atoms with Crippen LogP contribution in [0.2, 0.25) is 0 Å². The number of rotatable bonds is 4. The molecule has 0 N–H and O–H groups in total. The average molecular weight is 290 g/mol. The molecule has 2 rings (SSSR count). The van der Waals surface area contributed by atoms with E-state index in [4.69, 9.17) is 10.00 Å². The lowest BCUT2D eigenvalue weighted by Gasteiger charge is -2.33. The van der Waals surface area contributed by atoms with Crippen LogP contribution in [0.25, 0.3) is 0 Å². The van der Waals surface area contributed by atoms with Gasteiger partial charge in [-0.1, -0.05) is 12.1 Å². The Bertz CT molecular complexity index is 496. The van der Waals surface area contributed by atoms with E-state index in [0.717, 1.165) is 30.2 Å². The monoisotopic (exact) mass is 290 g/mol. The third-order valence-corrected chi connectivity index (χ3v) is 4.29. The quantitative estimate of drug-likeness (QED) is 0.794. The molecule has 0 spiro atoms. The van der Waals surface area contributed by atoms with Crippen molar-refractivity contribution < 1.29 is 9.53 Å². The Hall–Kier alpha value is -1.51. The smallest absolute Gasteiger partial charge is 0.324 e. The van der Waals surface area contributed by atoms with E-state index < -0.39 is 0 Å². The molecule has 1 aromatic rings. The predicted molar refractivity (Wildman–Crippen MR) is 79.3 cm³/mol. The van der Waals surface area contributed by atoms with E-state index in [0.29, 0.717) is 12.2 Å². The molecule has 0 amide bonds. The number of hydrogen-bond donors (Lipinski definition) is 0. The molecule has 20 heavy (non-hydrogen) atoms. The molecular weight excluding hydrogens is 272 g/mol. The van der Waals surface area contributed by atoms with Crippen LogP contribution in [0.5, 0.6) is 0 Å². The van der Waals surface area contributed by atoms with Gasteiger partial charge in [0.2, 0.25) is 0 Å². The molecular formula is C15H18N2O2S. The van der Waals surface area contributed by atoms with Crippen LogP contribution in [0.3, 0.4) is 0 Å². The standard InChI is InChI=1S/C15H18N2O2S/c1-2-19-15(18)14-11-20-8-7-17(14)10-13-5-3-12(9-16)4-6-13/h3-6,14H,2,7-8,10-11H2,1H3/t14-/m0/s1. The van der Waals surface area contributed by atoms with Crippen LogP contribution >= 0.6 is 11.8 Å². The van der Waals surface area contributed by atoms with Crippen LogP contribution in [0, 0.1) is 11.3 Å². The summed E-state index contributed by atoms with van der Waals surface area (Å²) in [6, 6.07) is 9.47. The maximum Gasteiger partial charge on any atom is 0.324 e. The Balaban J connectivity index is 2.04. The second kappa shape index (κ2) is 7.32. The summed E-state index contributed by atoms with van der Waals surface area (Å²) in [7, 11) is 0. The van der Waals surface area contributed by atoms with E-state index in [2.05, 4.69) is 11.0 Å². The van der Waals surface area contributed by atoms with Crippen molar-refractivity contribution in [3.05, 3.63) is 35.4 Å². The summed E-state index contributed by atoms with van der Waals surface area (Å²) in [5.74, 6) is 1.69. The van der Waals surface area contributed by atoms with Crippen LogP contribution in [-0.2, 0) is 16.1 Å². The highest BCUT2D eigenvalue weighted by Crippen LogP contribution is 2.20. The van der Waals surface area contributed by atoms with Crippen LogP contribution in [0.1, 0.15) is 18.1 Å². The van der Waals surface area contributed by atoms with Gasteiger partial charge in [-0.15, -0.1) is 0 Å². The summed E-state index contributed by atoms with van der Waals surface area (Å²) in [6.45, 7) is 3.85. The Morgan fingerprint density at radius 2 is 2.25 bits per heavy atom. The number of nitrogens with zero attached hydrogens (tertiary/aromatic N) is 2. The molecule has 1 aromatic carbocycles. The number of thioether (sulfide) groups is 1. The average Bonchev–Trinajstić information content (AvgIpc) is 2.49. The Morgan fingerprint density at radius 3 is 2.90 bits per heavy atom. The lowest BCUT2D eigenvalue weighted by Crippen LogP contribution is -2.47. The molecule has 0 radical (unpaired) electrons. The Labute approximate surface area is 123 Å². The van der Waals surface area contributed by atoms with Gasteiger partial charge in [-0.25, -0.2) is 0 Å². The van der Waals surface area contributed by atoms with Crippen molar-refractivity contribution in [1.82, 2.24) is 4.90 Å². The van der Waals surface area contributed by atoms with Gasteiger partial charge in [0.1, 0.15) is 6.04 Å². The Morgan fingerprint density at radius 1 is 1.50 bits per heavy atom. The number of carbonyl (C=O) groups is 1. The van der Waals surface area contributed by atoms with Gasteiger partial charge < -0.3 is 4.74 Å². The summed E-state index contributed by atoms with van der Waals surface area (Å²) in [5.41, 5.74) is 1.77. The van der Waals surface area contributed by atoms with E-state index in [1.54, 1.807) is 11.8 Å². The summed E-state index contributed by atoms with van der Waals surface area (Å²) < 4.78 is 5.15. The summed E-state index contributed by atoms with van der Waals surface area (Å²) in [5, 5.41) is 8.80. The van der Waals surface area contributed by atoms with E-state index in [-0.39, 0.29) is 12.0 Å². The van der Waals surface area contributed by atoms with Gasteiger partial charge in [-0.05, 0) is 24.6 Å². The van der Waals surface area contributed by atoms with Gasteiger partial charge in [-0.2, -0.15) is 17.0 Å². The number of esters is 1. The largest absolute Gasteiger partial charge is 0.465 e. The highest BCUT2D eigenvalue weighted by Gasteiger charge is 2.30. The molecule has 1 saturated heterocycles. The van der Waals surface area contributed by atoms with E-state index in [9.17, 15) is 4.79 Å². The number of benzene rings is 1. The van der Waals surface area contributed by atoms with Crippen molar-refractivity contribution in [2.24, 2.45) is 0 Å². The molecule has 0 bridgehead atoms. The third-order valence-electron chi connectivity index (χ3n) is 3.27. The molecule has 1 aliphatic heterocycles. The van der Waals surface area contributed by atoms with Crippen LogP contribution in [0.15, 0.2) is 24.3 Å². The zero-order chi connectivity index (χ0) is 14.4. The maximum atomic E-state index is 12.0. The summed E-state index contributed by atoms with van der Waals surface area (Å²) in [4.78, 5) is 14.1.